The number of aryl methyl sites for hydroxylation is 1. The minimum atomic E-state index is -3.60. The summed E-state index contributed by atoms with van der Waals surface area (Å²) in [6.45, 7) is 5.56. The van der Waals surface area contributed by atoms with Gasteiger partial charge in [0.15, 0.2) is 0 Å². The fraction of sp³-hybridized carbons (Fsp3) is 0.583. The van der Waals surface area contributed by atoms with E-state index in [1.165, 1.54) is 17.4 Å². The van der Waals surface area contributed by atoms with Crippen LogP contribution in [0.2, 0.25) is 0 Å². The Morgan fingerprint density at radius 2 is 2.05 bits per heavy atom. The van der Waals surface area contributed by atoms with E-state index < -0.39 is 21.9 Å². The van der Waals surface area contributed by atoms with Crippen molar-refractivity contribution in [3.63, 3.8) is 0 Å². The summed E-state index contributed by atoms with van der Waals surface area (Å²) in [5, 5.41) is 9.06. The lowest BCUT2D eigenvalue weighted by molar-refractivity contribution is -0.142. The lowest BCUT2D eigenvalue weighted by atomic mass is 9.98. The van der Waals surface area contributed by atoms with Crippen LogP contribution < -0.4 is 4.72 Å². The minimum absolute atomic E-state index is 0.0766. The first-order valence-electron chi connectivity index (χ1n) is 6.01. The molecule has 0 radical (unpaired) electrons. The average molecular weight is 305 g/mol. The molecule has 0 amide bonds. The van der Waals surface area contributed by atoms with Crippen molar-refractivity contribution in [1.29, 1.82) is 0 Å². The van der Waals surface area contributed by atoms with Crippen molar-refractivity contribution in [1.82, 2.24) is 4.72 Å². The smallest absolute Gasteiger partial charge is 0.307 e. The molecular weight excluding hydrogens is 286 g/mol. The van der Waals surface area contributed by atoms with Crippen LogP contribution in [0.25, 0.3) is 0 Å². The molecule has 5 nitrogen and oxygen atoms in total. The van der Waals surface area contributed by atoms with Gasteiger partial charge in [-0.15, -0.1) is 11.3 Å². The Kier molecular flexibility index (Phi) is 5.51. The Bertz CT molecular complexity index is 534. The molecule has 2 N–H and O–H groups in total. The summed E-state index contributed by atoms with van der Waals surface area (Å²) in [4.78, 5) is 12.0. The van der Waals surface area contributed by atoms with Gasteiger partial charge in [-0.25, -0.2) is 13.1 Å². The number of rotatable bonds is 7. The van der Waals surface area contributed by atoms with Gasteiger partial charge < -0.3 is 5.11 Å². The van der Waals surface area contributed by atoms with Crippen molar-refractivity contribution in [3.8, 4) is 0 Å². The van der Waals surface area contributed by atoms with Crippen molar-refractivity contribution in [2.75, 3.05) is 6.54 Å². The zero-order chi connectivity index (χ0) is 14.6. The molecule has 0 aliphatic heterocycles. The number of carboxylic acids is 1. The van der Waals surface area contributed by atoms with E-state index in [-0.39, 0.29) is 16.7 Å². The molecule has 108 valence electrons. The van der Waals surface area contributed by atoms with Gasteiger partial charge >= 0.3 is 5.97 Å². The van der Waals surface area contributed by atoms with Crippen molar-refractivity contribution < 1.29 is 18.3 Å². The normalized spacial score (nSPS) is 13.7. The number of sulfonamides is 1. The van der Waals surface area contributed by atoms with Crippen LogP contribution in [0.3, 0.4) is 0 Å². The number of aliphatic carboxylic acids is 1. The van der Waals surface area contributed by atoms with Crippen LogP contribution in [-0.2, 0) is 14.8 Å². The van der Waals surface area contributed by atoms with Crippen LogP contribution in [0, 0.1) is 18.8 Å². The van der Waals surface area contributed by atoms with E-state index in [4.69, 9.17) is 5.11 Å². The molecule has 1 aromatic heterocycles. The minimum Gasteiger partial charge on any atom is -0.481 e. The first kappa shape index (κ1) is 16.1. The van der Waals surface area contributed by atoms with Gasteiger partial charge in [-0.1, -0.05) is 13.8 Å². The highest BCUT2D eigenvalue weighted by Gasteiger charge is 2.23. The lowest BCUT2D eigenvalue weighted by Crippen LogP contribution is -2.33. The highest BCUT2D eigenvalue weighted by molar-refractivity contribution is 7.91. The Hall–Kier alpha value is -0.920. The van der Waals surface area contributed by atoms with Crippen LogP contribution in [0.4, 0.5) is 0 Å². The number of carbonyl (C=O) groups is 1. The molecule has 0 aliphatic rings. The van der Waals surface area contributed by atoms with Crippen LogP contribution in [0.5, 0.6) is 0 Å². The molecule has 1 rings (SSSR count). The molecule has 1 unspecified atom stereocenters. The third-order valence-corrected chi connectivity index (χ3v) is 5.52. The zero-order valence-electron chi connectivity index (χ0n) is 11.2. The molecule has 19 heavy (non-hydrogen) atoms. The van der Waals surface area contributed by atoms with E-state index in [0.717, 1.165) is 4.88 Å². The summed E-state index contributed by atoms with van der Waals surface area (Å²) in [6.07, 6.45) is 0.446. The number of thiophene rings is 1. The van der Waals surface area contributed by atoms with E-state index >= 15 is 0 Å². The van der Waals surface area contributed by atoms with Gasteiger partial charge in [0.2, 0.25) is 10.0 Å². The predicted molar refractivity (Wildman–Crippen MR) is 74.8 cm³/mol. The molecule has 1 atom stereocenters. The van der Waals surface area contributed by atoms with Gasteiger partial charge in [0.1, 0.15) is 4.21 Å². The van der Waals surface area contributed by atoms with Gasteiger partial charge in [0.05, 0.1) is 5.92 Å². The number of nitrogens with one attached hydrogen (secondary N) is 1. The molecule has 0 aromatic carbocycles. The quantitative estimate of drug-likeness (QED) is 0.808. The van der Waals surface area contributed by atoms with E-state index in [2.05, 4.69) is 4.72 Å². The number of hydrogen-bond donors (Lipinski definition) is 2. The van der Waals surface area contributed by atoms with Crippen molar-refractivity contribution in [3.05, 3.63) is 17.0 Å². The van der Waals surface area contributed by atoms with Crippen molar-refractivity contribution in [2.45, 2.75) is 31.4 Å². The molecule has 0 saturated carbocycles. The average Bonchev–Trinajstić information content (AvgIpc) is 2.71. The summed E-state index contributed by atoms with van der Waals surface area (Å²) in [7, 11) is -3.60. The standard InChI is InChI=1S/C12H19NO4S2/c1-8(2)6-10(12(14)15)7-13-19(16,17)11-5-4-9(3)18-11/h4-5,8,10,13H,6-7H2,1-3H3,(H,14,15). The summed E-state index contributed by atoms with van der Waals surface area (Å²) in [5.41, 5.74) is 0. The Morgan fingerprint density at radius 3 is 2.47 bits per heavy atom. The van der Waals surface area contributed by atoms with Crippen LogP contribution in [0.15, 0.2) is 16.3 Å². The monoisotopic (exact) mass is 305 g/mol. The largest absolute Gasteiger partial charge is 0.481 e. The first-order valence-corrected chi connectivity index (χ1v) is 8.31. The third kappa shape index (κ3) is 4.93. The Labute approximate surface area is 117 Å². The Balaban J connectivity index is 2.71. The molecule has 0 saturated heterocycles. The highest BCUT2D eigenvalue weighted by atomic mass is 32.2. The summed E-state index contributed by atoms with van der Waals surface area (Å²) < 4.78 is 26.5. The fourth-order valence-electron chi connectivity index (χ4n) is 1.68. The SMILES string of the molecule is Cc1ccc(S(=O)(=O)NCC(CC(C)C)C(=O)O)s1. The molecule has 0 aliphatic carbocycles. The molecule has 0 spiro atoms. The van der Waals surface area contributed by atoms with Gasteiger partial charge in [-0.3, -0.25) is 4.79 Å². The second-order valence-corrected chi connectivity index (χ2v) is 8.16. The van der Waals surface area contributed by atoms with Crippen LogP contribution in [0.1, 0.15) is 25.1 Å². The van der Waals surface area contributed by atoms with Crippen LogP contribution in [-0.4, -0.2) is 26.0 Å². The second kappa shape index (κ2) is 6.49. The molecule has 0 bridgehead atoms. The topological polar surface area (TPSA) is 83.5 Å². The second-order valence-electron chi connectivity index (χ2n) is 4.88. The maximum absolute atomic E-state index is 12.0. The summed E-state index contributed by atoms with van der Waals surface area (Å²) in [6, 6.07) is 3.25. The van der Waals surface area contributed by atoms with E-state index in [0.29, 0.717) is 6.42 Å². The van der Waals surface area contributed by atoms with Crippen LogP contribution >= 0.6 is 11.3 Å². The number of hydrogen-bond acceptors (Lipinski definition) is 4. The fourth-order valence-corrected chi connectivity index (χ4v) is 4.09. The predicted octanol–water partition coefficient (Wildman–Crippen LogP) is 2.08. The number of carboxylic acid groups (broad SMARTS) is 1. The molecule has 1 aromatic rings. The zero-order valence-corrected chi connectivity index (χ0v) is 12.8. The summed E-state index contributed by atoms with van der Waals surface area (Å²) >= 11 is 1.17. The van der Waals surface area contributed by atoms with Crippen molar-refractivity contribution >= 4 is 27.3 Å². The van der Waals surface area contributed by atoms with E-state index in [1.807, 2.05) is 20.8 Å². The molecular formula is C12H19NO4S2. The first-order chi connectivity index (χ1) is 8.72. The van der Waals surface area contributed by atoms with Crippen molar-refractivity contribution in [2.24, 2.45) is 11.8 Å². The molecule has 0 fully saturated rings. The van der Waals surface area contributed by atoms with Gasteiger partial charge in [-0.2, -0.15) is 0 Å². The van der Waals surface area contributed by atoms with E-state index in [9.17, 15) is 13.2 Å². The van der Waals surface area contributed by atoms with E-state index in [1.54, 1.807) is 6.07 Å². The maximum Gasteiger partial charge on any atom is 0.307 e. The highest BCUT2D eigenvalue weighted by Crippen LogP contribution is 2.21. The summed E-state index contributed by atoms with van der Waals surface area (Å²) in [5.74, 6) is -1.47. The molecule has 7 heteroatoms. The Morgan fingerprint density at radius 1 is 1.42 bits per heavy atom. The van der Waals surface area contributed by atoms with Gasteiger partial charge in [0, 0.05) is 11.4 Å². The van der Waals surface area contributed by atoms with Gasteiger partial charge in [-0.05, 0) is 31.4 Å². The van der Waals surface area contributed by atoms with Gasteiger partial charge in [0.25, 0.3) is 0 Å². The molecule has 1 heterocycles. The maximum atomic E-state index is 12.0. The lowest BCUT2D eigenvalue weighted by Gasteiger charge is -2.15. The third-order valence-electron chi connectivity index (χ3n) is 2.61.